The third kappa shape index (κ3) is 7.99. The van der Waals surface area contributed by atoms with E-state index in [0.29, 0.717) is 0 Å². The first-order valence-corrected chi connectivity index (χ1v) is 22.3. The van der Waals surface area contributed by atoms with E-state index in [1.54, 1.807) is 0 Å². The quantitative estimate of drug-likeness (QED) is 0.0759. The van der Waals surface area contributed by atoms with Crippen molar-refractivity contribution in [2.75, 3.05) is 52.9 Å². The molecule has 66 heavy (non-hydrogen) atoms. The Morgan fingerprint density at radius 2 is 0.455 bits per heavy atom. The first-order valence-electron chi connectivity index (χ1n) is 22.3. The molecule has 0 aromatic heterocycles. The van der Waals surface area contributed by atoms with Crippen LogP contribution in [0.5, 0.6) is 23.0 Å². The lowest BCUT2D eigenvalue weighted by atomic mass is 9.68. The zero-order valence-corrected chi connectivity index (χ0v) is 36.6. The molecule has 8 nitrogen and oxygen atoms in total. The molecule has 0 fully saturated rings. The highest BCUT2D eigenvalue weighted by Crippen LogP contribution is 2.57. The molecule has 0 saturated heterocycles. The molecule has 0 radical (unpaired) electrons. The highest BCUT2D eigenvalue weighted by molar-refractivity contribution is 5.87. The van der Waals surface area contributed by atoms with Crippen LogP contribution in [0.4, 0.5) is 0 Å². The SMILES string of the molecule is OCCOc1ccc(C2(c3ccc(OCCO)cc3)c3ccccc3-c3ccccc32)cc1.OCCOc1ccc(C2(c3ccc(OCCO)cc3)c3ccccc3-c3ccccc32)cc1. The molecule has 2 aliphatic rings. The van der Waals surface area contributed by atoms with Crippen LogP contribution in [-0.2, 0) is 10.8 Å². The second-order valence-electron chi connectivity index (χ2n) is 16.1. The van der Waals surface area contributed by atoms with Crippen molar-refractivity contribution in [2.24, 2.45) is 0 Å². The molecular weight excluding hydrogens is 825 g/mol. The molecule has 0 saturated carbocycles. The average molecular weight is 877 g/mol. The van der Waals surface area contributed by atoms with E-state index in [9.17, 15) is 0 Å². The van der Waals surface area contributed by atoms with Crippen molar-refractivity contribution in [1.29, 1.82) is 0 Å². The van der Waals surface area contributed by atoms with Crippen LogP contribution >= 0.6 is 0 Å². The van der Waals surface area contributed by atoms with Gasteiger partial charge in [-0.05, 0) is 115 Å². The molecule has 0 unspecified atom stereocenters. The van der Waals surface area contributed by atoms with Gasteiger partial charge in [-0.15, -0.1) is 0 Å². The summed E-state index contributed by atoms with van der Waals surface area (Å²) in [6, 6.07) is 67.0. The van der Waals surface area contributed by atoms with Crippen molar-refractivity contribution in [1.82, 2.24) is 0 Å². The lowest BCUT2D eigenvalue weighted by Crippen LogP contribution is -2.28. The normalized spacial score (nSPS) is 13.3. The lowest BCUT2D eigenvalue weighted by Gasteiger charge is -2.34. The first kappa shape index (κ1) is 44.0. The van der Waals surface area contributed by atoms with Crippen molar-refractivity contribution in [3.05, 3.63) is 239 Å². The molecule has 2 aliphatic carbocycles. The molecule has 8 aromatic rings. The van der Waals surface area contributed by atoms with E-state index in [-0.39, 0.29) is 52.9 Å². The van der Waals surface area contributed by atoms with Crippen molar-refractivity contribution in [3.8, 4) is 45.3 Å². The van der Waals surface area contributed by atoms with E-state index in [1.807, 2.05) is 48.5 Å². The number of hydrogen-bond donors (Lipinski definition) is 4. The Morgan fingerprint density at radius 1 is 0.258 bits per heavy atom. The smallest absolute Gasteiger partial charge is 0.119 e. The highest BCUT2D eigenvalue weighted by Gasteiger charge is 2.47. The maximum atomic E-state index is 9.09. The van der Waals surface area contributed by atoms with Crippen LogP contribution in [-0.4, -0.2) is 73.3 Å². The van der Waals surface area contributed by atoms with Crippen LogP contribution in [0.15, 0.2) is 194 Å². The predicted octanol–water partition coefficient (Wildman–Crippen LogP) is 9.58. The summed E-state index contributed by atoms with van der Waals surface area (Å²) in [6.07, 6.45) is 0. The molecular formula is C58H52O8. The largest absolute Gasteiger partial charge is 0.491 e. The van der Waals surface area contributed by atoms with Gasteiger partial charge in [-0.1, -0.05) is 146 Å². The maximum Gasteiger partial charge on any atom is 0.119 e. The number of rotatable bonds is 16. The summed E-state index contributed by atoms with van der Waals surface area (Å²) in [5.74, 6) is 2.93. The van der Waals surface area contributed by atoms with E-state index in [4.69, 9.17) is 39.4 Å². The van der Waals surface area contributed by atoms with E-state index in [2.05, 4.69) is 146 Å². The summed E-state index contributed by atoms with van der Waals surface area (Å²) in [5, 5.41) is 36.4. The fourth-order valence-corrected chi connectivity index (χ4v) is 9.91. The van der Waals surface area contributed by atoms with Gasteiger partial charge >= 0.3 is 0 Å². The van der Waals surface area contributed by atoms with Gasteiger partial charge < -0.3 is 39.4 Å². The van der Waals surface area contributed by atoms with Gasteiger partial charge in [0, 0.05) is 0 Å². The summed E-state index contributed by atoms with van der Waals surface area (Å²) >= 11 is 0. The van der Waals surface area contributed by atoms with Gasteiger partial charge in [-0.25, -0.2) is 0 Å². The Bertz CT molecular complexity index is 2460. The monoisotopic (exact) mass is 876 g/mol. The van der Waals surface area contributed by atoms with Gasteiger partial charge in [0.2, 0.25) is 0 Å². The van der Waals surface area contributed by atoms with Gasteiger partial charge in [-0.3, -0.25) is 0 Å². The Kier molecular flexibility index (Phi) is 13.3. The minimum Gasteiger partial charge on any atom is -0.491 e. The summed E-state index contributed by atoms with van der Waals surface area (Å²) in [7, 11) is 0. The Morgan fingerprint density at radius 3 is 0.652 bits per heavy atom. The Labute approximate surface area is 385 Å². The standard InChI is InChI=1S/2C29H26O4/c2*30-17-19-32-23-13-9-21(10-14-23)29(22-11-15-24(16-12-22)33-20-18-31)27-7-3-1-5-25(27)26-6-2-4-8-28(26)29/h2*1-16,30-31H,17-20H2. The van der Waals surface area contributed by atoms with Crippen molar-refractivity contribution in [2.45, 2.75) is 10.8 Å². The number of hydrogen-bond acceptors (Lipinski definition) is 8. The van der Waals surface area contributed by atoms with E-state index < -0.39 is 10.8 Å². The van der Waals surface area contributed by atoms with Crippen LogP contribution in [0.1, 0.15) is 44.5 Å². The predicted molar refractivity (Wildman–Crippen MR) is 258 cm³/mol. The topological polar surface area (TPSA) is 118 Å². The number of benzene rings is 8. The fourth-order valence-electron chi connectivity index (χ4n) is 9.91. The summed E-state index contributed by atoms with van der Waals surface area (Å²) < 4.78 is 22.5. The van der Waals surface area contributed by atoms with E-state index in [0.717, 1.165) is 45.3 Å². The second kappa shape index (κ2) is 19.9. The molecule has 0 atom stereocenters. The molecule has 4 N–H and O–H groups in total. The minimum atomic E-state index is -0.488. The zero-order valence-electron chi connectivity index (χ0n) is 36.6. The fraction of sp³-hybridized carbons (Fsp3) is 0.172. The van der Waals surface area contributed by atoms with Crippen molar-refractivity contribution < 1.29 is 39.4 Å². The molecule has 0 bridgehead atoms. The molecule has 0 spiro atoms. The van der Waals surface area contributed by atoms with Gasteiger partial charge in [0.25, 0.3) is 0 Å². The Hall–Kier alpha value is -7.20. The summed E-state index contributed by atoms with van der Waals surface area (Å²) in [6.45, 7) is 1.01. The van der Waals surface area contributed by atoms with Crippen molar-refractivity contribution >= 4 is 0 Å². The van der Waals surface area contributed by atoms with Crippen LogP contribution in [0.2, 0.25) is 0 Å². The third-order valence-corrected chi connectivity index (χ3v) is 12.5. The number of fused-ring (bicyclic) bond motifs is 6. The number of aliphatic hydroxyl groups excluding tert-OH is 4. The molecule has 10 rings (SSSR count). The molecule has 8 aromatic carbocycles. The summed E-state index contributed by atoms with van der Waals surface area (Å²) in [4.78, 5) is 0. The van der Waals surface area contributed by atoms with Crippen molar-refractivity contribution in [3.63, 3.8) is 0 Å². The molecule has 332 valence electrons. The lowest BCUT2D eigenvalue weighted by molar-refractivity contribution is 0.201. The van der Waals surface area contributed by atoms with Crippen LogP contribution in [0.25, 0.3) is 22.3 Å². The van der Waals surface area contributed by atoms with Gasteiger partial charge in [0.1, 0.15) is 49.4 Å². The average Bonchev–Trinajstić information content (AvgIpc) is 3.86. The minimum absolute atomic E-state index is 0.0167. The molecule has 0 aliphatic heterocycles. The summed E-state index contributed by atoms with van der Waals surface area (Å²) in [5.41, 5.74) is 13.4. The second-order valence-corrected chi connectivity index (χ2v) is 16.1. The van der Waals surface area contributed by atoms with E-state index in [1.165, 1.54) is 44.5 Å². The first-order chi connectivity index (χ1) is 32.6. The third-order valence-electron chi connectivity index (χ3n) is 12.5. The molecule has 8 heteroatoms. The van der Waals surface area contributed by atoms with Gasteiger partial charge in [0.15, 0.2) is 0 Å². The van der Waals surface area contributed by atoms with E-state index >= 15 is 0 Å². The number of ether oxygens (including phenoxy) is 4. The van der Waals surface area contributed by atoms with Gasteiger partial charge in [-0.2, -0.15) is 0 Å². The van der Waals surface area contributed by atoms with Gasteiger partial charge in [0.05, 0.1) is 37.3 Å². The highest BCUT2D eigenvalue weighted by atomic mass is 16.5. The molecule has 0 amide bonds. The van der Waals surface area contributed by atoms with Crippen LogP contribution in [0.3, 0.4) is 0 Å². The zero-order chi connectivity index (χ0) is 45.4. The molecule has 0 heterocycles. The van der Waals surface area contributed by atoms with Crippen LogP contribution < -0.4 is 18.9 Å². The maximum absolute atomic E-state index is 9.09. The number of aliphatic hydroxyl groups is 4. The Balaban J connectivity index is 0.000000166. The van der Waals surface area contributed by atoms with Crippen LogP contribution in [0, 0.1) is 0 Å².